The van der Waals surface area contributed by atoms with Crippen molar-refractivity contribution in [2.45, 2.75) is 13.0 Å². The lowest BCUT2D eigenvalue weighted by Gasteiger charge is -2.15. The summed E-state index contributed by atoms with van der Waals surface area (Å²) >= 11 is 0. The van der Waals surface area contributed by atoms with Gasteiger partial charge in [0.25, 0.3) is 5.70 Å². The van der Waals surface area contributed by atoms with Crippen molar-refractivity contribution in [1.29, 1.82) is 0 Å². The number of ether oxygens (including phenoxy) is 1. The Bertz CT molecular complexity index is 450. The number of nitrogens with one attached hydrogen (secondary N) is 1. The lowest BCUT2D eigenvalue weighted by atomic mass is 9.96. The average Bonchev–Trinajstić information content (AvgIpc) is 2.71. The molecule has 1 N–H and O–H groups in total. The van der Waals surface area contributed by atoms with Gasteiger partial charge in [0, 0.05) is 18.1 Å². The maximum atomic E-state index is 11.5. The van der Waals surface area contributed by atoms with Crippen LogP contribution in [0.4, 0.5) is 0 Å². The molecule has 2 rings (SSSR count). The highest BCUT2D eigenvalue weighted by Gasteiger charge is 2.31. The molecule has 17 heavy (non-hydrogen) atoms. The molecule has 0 radical (unpaired) electrons. The predicted octanol–water partition coefficient (Wildman–Crippen LogP) is 0.752. The van der Waals surface area contributed by atoms with E-state index in [9.17, 15) is 14.9 Å². The summed E-state index contributed by atoms with van der Waals surface area (Å²) in [5, 5.41) is 13.6. The summed E-state index contributed by atoms with van der Waals surface area (Å²) in [5.41, 5.74) is 0.418. The summed E-state index contributed by atoms with van der Waals surface area (Å²) in [6.07, 6.45) is 6.32. The van der Waals surface area contributed by atoms with E-state index >= 15 is 0 Å². The number of nitrogens with zero attached hydrogens (tertiary/aromatic N) is 1. The first kappa shape index (κ1) is 11.4. The van der Waals surface area contributed by atoms with Crippen molar-refractivity contribution in [3.63, 3.8) is 0 Å². The van der Waals surface area contributed by atoms with Crippen LogP contribution in [-0.2, 0) is 9.53 Å². The Hall–Kier alpha value is -2.11. The van der Waals surface area contributed by atoms with E-state index in [-0.39, 0.29) is 17.7 Å². The molecular weight excluding hydrogens is 224 g/mol. The number of carbonyl (C=O) groups excluding carboxylic acids is 1. The van der Waals surface area contributed by atoms with Crippen molar-refractivity contribution in [1.82, 2.24) is 5.32 Å². The number of fused-ring (bicyclic) bond motifs is 1. The van der Waals surface area contributed by atoms with Crippen molar-refractivity contribution in [2.24, 2.45) is 5.92 Å². The Kier molecular flexibility index (Phi) is 2.95. The van der Waals surface area contributed by atoms with Crippen molar-refractivity contribution in [2.75, 3.05) is 6.61 Å². The number of allylic oxidation sites excluding steroid dienone is 1. The molecule has 0 saturated heterocycles. The van der Waals surface area contributed by atoms with Crippen LogP contribution in [0, 0.1) is 16.0 Å². The molecule has 0 saturated carbocycles. The molecule has 0 fully saturated rings. The quantitative estimate of drug-likeness (QED) is 0.444. The molecule has 90 valence electrons. The van der Waals surface area contributed by atoms with Gasteiger partial charge in [0.2, 0.25) is 0 Å². The van der Waals surface area contributed by atoms with Crippen LogP contribution < -0.4 is 5.32 Å². The maximum Gasteiger partial charge on any atom is 0.354 e. The molecule has 0 aromatic carbocycles. The van der Waals surface area contributed by atoms with Crippen LogP contribution in [0.1, 0.15) is 6.92 Å². The van der Waals surface area contributed by atoms with Crippen molar-refractivity contribution in [3.8, 4) is 0 Å². The van der Waals surface area contributed by atoms with Crippen LogP contribution in [0.15, 0.2) is 35.7 Å². The zero-order chi connectivity index (χ0) is 12.4. The van der Waals surface area contributed by atoms with Gasteiger partial charge in [-0.2, -0.15) is 0 Å². The fraction of sp³-hybridized carbons (Fsp3) is 0.364. The van der Waals surface area contributed by atoms with Gasteiger partial charge in [0.1, 0.15) is 5.70 Å². The molecule has 1 aliphatic heterocycles. The fourth-order valence-electron chi connectivity index (χ4n) is 1.86. The fourth-order valence-corrected chi connectivity index (χ4v) is 1.86. The number of hydrogen-bond acceptors (Lipinski definition) is 5. The van der Waals surface area contributed by atoms with Crippen LogP contribution in [0.5, 0.6) is 0 Å². The summed E-state index contributed by atoms with van der Waals surface area (Å²) in [6, 6.07) is -0.0990. The second kappa shape index (κ2) is 4.40. The number of rotatable bonds is 3. The lowest BCUT2D eigenvalue weighted by molar-refractivity contribution is -0.419. The molecule has 6 nitrogen and oxygen atoms in total. The summed E-state index contributed by atoms with van der Waals surface area (Å²) in [5.74, 6) is -0.592. The molecule has 1 aliphatic carbocycles. The minimum Gasteiger partial charge on any atom is -0.461 e. The normalized spacial score (nSPS) is 25.5. The van der Waals surface area contributed by atoms with E-state index < -0.39 is 10.9 Å². The number of hydrogen-bond donors (Lipinski definition) is 1. The van der Waals surface area contributed by atoms with E-state index in [1.54, 1.807) is 19.1 Å². The standard InChI is InChI=1S/C11H12N2O4/c1-2-17-11(14)10-6-7-5-8(13(15)16)3-4-9(7)12-10/h3-7,9,12H,2H2,1H3. The molecule has 1 heterocycles. The second-order valence-electron chi connectivity index (χ2n) is 3.76. The predicted molar refractivity (Wildman–Crippen MR) is 59.3 cm³/mol. The molecule has 0 aromatic heterocycles. The van der Waals surface area contributed by atoms with E-state index in [1.165, 1.54) is 12.2 Å². The maximum absolute atomic E-state index is 11.5. The molecule has 0 bridgehead atoms. The van der Waals surface area contributed by atoms with Crippen LogP contribution in [0.25, 0.3) is 0 Å². The van der Waals surface area contributed by atoms with Gasteiger partial charge in [-0.15, -0.1) is 0 Å². The van der Waals surface area contributed by atoms with E-state index in [4.69, 9.17) is 4.74 Å². The van der Waals surface area contributed by atoms with Crippen molar-refractivity contribution >= 4 is 5.97 Å². The zero-order valence-corrected chi connectivity index (χ0v) is 9.25. The molecule has 2 unspecified atom stereocenters. The van der Waals surface area contributed by atoms with E-state index in [2.05, 4.69) is 5.32 Å². The zero-order valence-electron chi connectivity index (χ0n) is 9.25. The summed E-state index contributed by atoms with van der Waals surface area (Å²) in [6.45, 7) is 2.03. The van der Waals surface area contributed by atoms with Gasteiger partial charge in [0.15, 0.2) is 0 Å². The Morgan fingerprint density at radius 1 is 1.59 bits per heavy atom. The molecule has 0 amide bonds. The van der Waals surface area contributed by atoms with E-state index in [1.807, 2.05) is 0 Å². The monoisotopic (exact) mass is 236 g/mol. The van der Waals surface area contributed by atoms with E-state index in [0.717, 1.165) is 0 Å². The molecule has 0 spiro atoms. The second-order valence-corrected chi connectivity index (χ2v) is 3.76. The Morgan fingerprint density at radius 2 is 2.35 bits per heavy atom. The Balaban J connectivity index is 2.15. The van der Waals surface area contributed by atoms with Crippen LogP contribution in [-0.4, -0.2) is 23.5 Å². The lowest BCUT2D eigenvalue weighted by Crippen LogP contribution is -2.30. The number of esters is 1. The smallest absolute Gasteiger partial charge is 0.354 e. The first-order valence-electron chi connectivity index (χ1n) is 5.31. The van der Waals surface area contributed by atoms with Crippen LogP contribution in [0.2, 0.25) is 0 Å². The highest BCUT2D eigenvalue weighted by atomic mass is 16.6. The van der Waals surface area contributed by atoms with Gasteiger partial charge in [0.05, 0.1) is 17.6 Å². The number of carbonyl (C=O) groups is 1. The Morgan fingerprint density at radius 3 is 3.00 bits per heavy atom. The first-order chi connectivity index (χ1) is 8.11. The van der Waals surface area contributed by atoms with Gasteiger partial charge in [-0.3, -0.25) is 10.1 Å². The van der Waals surface area contributed by atoms with Gasteiger partial charge < -0.3 is 10.1 Å². The third-order valence-corrected chi connectivity index (χ3v) is 2.64. The largest absolute Gasteiger partial charge is 0.461 e. The molecule has 6 heteroatoms. The summed E-state index contributed by atoms with van der Waals surface area (Å²) in [4.78, 5) is 21.6. The van der Waals surface area contributed by atoms with E-state index in [0.29, 0.717) is 12.3 Å². The van der Waals surface area contributed by atoms with Crippen LogP contribution in [0.3, 0.4) is 0 Å². The first-order valence-corrected chi connectivity index (χ1v) is 5.31. The molecular formula is C11H12N2O4. The summed E-state index contributed by atoms with van der Waals surface area (Å²) in [7, 11) is 0. The summed E-state index contributed by atoms with van der Waals surface area (Å²) < 4.78 is 4.86. The topological polar surface area (TPSA) is 81.5 Å². The Labute approximate surface area is 97.8 Å². The molecule has 0 aromatic rings. The highest BCUT2D eigenvalue weighted by Crippen LogP contribution is 2.25. The van der Waals surface area contributed by atoms with Crippen LogP contribution >= 0.6 is 0 Å². The SMILES string of the molecule is CCOC(=O)C1=CC2C=C([N+](=O)[O-])C=CC2N1. The van der Waals surface area contributed by atoms with Crippen molar-refractivity contribution in [3.05, 3.63) is 45.8 Å². The van der Waals surface area contributed by atoms with Crippen molar-refractivity contribution < 1.29 is 14.5 Å². The van der Waals surface area contributed by atoms with Gasteiger partial charge >= 0.3 is 5.97 Å². The van der Waals surface area contributed by atoms with Gasteiger partial charge in [-0.05, 0) is 13.0 Å². The average molecular weight is 236 g/mol. The highest BCUT2D eigenvalue weighted by molar-refractivity contribution is 5.88. The number of nitro groups is 1. The third-order valence-electron chi connectivity index (χ3n) is 2.64. The third kappa shape index (κ3) is 2.20. The van der Waals surface area contributed by atoms with Gasteiger partial charge in [-0.25, -0.2) is 4.79 Å². The molecule has 2 atom stereocenters. The molecule has 2 aliphatic rings. The van der Waals surface area contributed by atoms with Gasteiger partial charge in [-0.1, -0.05) is 6.08 Å². The minimum absolute atomic E-state index is 0.0504. The minimum atomic E-state index is -0.442.